The summed E-state index contributed by atoms with van der Waals surface area (Å²) in [6.07, 6.45) is 8.75. The van der Waals surface area contributed by atoms with Gasteiger partial charge in [-0.25, -0.2) is 0 Å². The summed E-state index contributed by atoms with van der Waals surface area (Å²) in [4.78, 5) is 1.47. The minimum absolute atomic E-state index is 0.489. The first-order chi connectivity index (χ1) is 10.0. The maximum Gasteiger partial charge on any atom is 0.0931 e. The van der Waals surface area contributed by atoms with Crippen LogP contribution in [0.3, 0.4) is 0 Å². The van der Waals surface area contributed by atoms with Crippen molar-refractivity contribution in [3.63, 3.8) is 0 Å². The zero-order valence-corrected chi connectivity index (χ0v) is 14.7. The summed E-state index contributed by atoms with van der Waals surface area (Å²) in [7, 11) is 0. The predicted molar refractivity (Wildman–Crippen MR) is 91.0 cm³/mol. The van der Waals surface area contributed by atoms with Crippen LogP contribution >= 0.6 is 22.9 Å². The van der Waals surface area contributed by atoms with Crippen LogP contribution in [0.15, 0.2) is 12.1 Å². The molecule has 4 bridgehead atoms. The predicted octanol–water partition coefficient (Wildman–Crippen LogP) is 5.66. The Morgan fingerprint density at radius 1 is 1.29 bits per heavy atom. The van der Waals surface area contributed by atoms with Crippen molar-refractivity contribution < 1.29 is 0 Å². The van der Waals surface area contributed by atoms with Gasteiger partial charge in [-0.1, -0.05) is 25.4 Å². The fourth-order valence-electron chi connectivity index (χ4n) is 6.44. The van der Waals surface area contributed by atoms with Crippen LogP contribution in [0, 0.1) is 22.7 Å². The van der Waals surface area contributed by atoms with E-state index in [4.69, 9.17) is 11.6 Å². The summed E-state index contributed by atoms with van der Waals surface area (Å²) in [5, 5.41) is 3.84. The van der Waals surface area contributed by atoms with Gasteiger partial charge in [0.1, 0.15) is 0 Å². The summed E-state index contributed by atoms with van der Waals surface area (Å²) in [5.74, 6) is 1.96. The Balaban J connectivity index is 1.71. The van der Waals surface area contributed by atoms with Crippen LogP contribution < -0.4 is 5.32 Å². The Hall–Kier alpha value is -0.0500. The summed E-state index contributed by atoms with van der Waals surface area (Å²) >= 11 is 8.02. The lowest BCUT2D eigenvalue weighted by Crippen LogP contribution is -2.55. The van der Waals surface area contributed by atoms with E-state index in [0.29, 0.717) is 16.9 Å². The first kappa shape index (κ1) is 14.5. The van der Waals surface area contributed by atoms with E-state index in [0.717, 1.165) is 22.7 Å². The summed E-state index contributed by atoms with van der Waals surface area (Å²) in [5.41, 5.74) is 1.10. The SMILES string of the molecule is CCNC(c1ccc(Cl)s1)C12CC3CC(CC(C)(C3)C1)C2. The molecule has 4 saturated carbocycles. The van der Waals surface area contributed by atoms with Gasteiger partial charge in [0.2, 0.25) is 0 Å². The number of hydrogen-bond donors (Lipinski definition) is 1. The molecule has 4 fully saturated rings. The van der Waals surface area contributed by atoms with E-state index in [1.807, 2.05) is 0 Å². The van der Waals surface area contributed by atoms with Crippen molar-refractivity contribution >= 4 is 22.9 Å². The van der Waals surface area contributed by atoms with Gasteiger partial charge in [0.25, 0.3) is 0 Å². The minimum Gasteiger partial charge on any atom is -0.309 e. The molecule has 3 atom stereocenters. The molecule has 21 heavy (non-hydrogen) atoms. The molecule has 1 N–H and O–H groups in total. The lowest BCUT2D eigenvalue weighted by Gasteiger charge is -2.63. The highest BCUT2D eigenvalue weighted by molar-refractivity contribution is 7.16. The zero-order valence-electron chi connectivity index (χ0n) is 13.1. The average molecular weight is 324 g/mol. The van der Waals surface area contributed by atoms with Gasteiger partial charge >= 0.3 is 0 Å². The molecule has 1 aromatic heterocycles. The molecule has 1 aromatic rings. The van der Waals surface area contributed by atoms with Crippen LogP contribution in [0.5, 0.6) is 0 Å². The summed E-state index contributed by atoms with van der Waals surface area (Å²) < 4.78 is 0.934. The number of thiophene rings is 1. The second-order valence-electron chi connectivity index (χ2n) is 8.27. The van der Waals surface area contributed by atoms with Crippen molar-refractivity contribution in [2.75, 3.05) is 6.54 Å². The lowest BCUT2D eigenvalue weighted by atomic mass is 9.43. The first-order valence-corrected chi connectivity index (χ1v) is 9.70. The molecule has 4 aliphatic carbocycles. The quantitative estimate of drug-likeness (QED) is 0.754. The van der Waals surface area contributed by atoms with Crippen LogP contribution in [-0.4, -0.2) is 6.54 Å². The minimum atomic E-state index is 0.489. The van der Waals surface area contributed by atoms with Crippen LogP contribution in [-0.2, 0) is 0 Å². The van der Waals surface area contributed by atoms with Crippen LogP contribution in [0.2, 0.25) is 4.34 Å². The molecular formula is C18H26ClNS. The molecule has 116 valence electrons. The van der Waals surface area contributed by atoms with Crippen molar-refractivity contribution in [1.29, 1.82) is 0 Å². The molecule has 0 saturated heterocycles. The van der Waals surface area contributed by atoms with Crippen LogP contribution in [0.25, 0.3) is 0 Å². The molecule has 0 radical (unpaired) electrons. The van der Waals surface area contributed by atoms with Crippen LogP contribution in [0.4, 0.5) is 0 Å². The molecule has 1 nitrogen and oxygen atoms in total. The van der Waals surface area contributed by atoms with Gasteiger partial charge in [-0.15, -0.1) is 11.3 Å². The van der Waals surface area contributed by atoms with Crippen molar-refractivity contribution in [3.05, 3.63) is 21.3 Å². The normalized spacial score (nSPS) is 42.4. The lowest BCUT2D eigenvalue weighted by molar-refractivity contribution is -0.118. The van der Waals surface area contributed by atoms with E-state index in [9.17, 15) is 0 Å². The Morgan fingerprint density at radius 3 is 2.52 bits per heavy atom. The largest absolute Gasteiger partial charge is 0.309 e. The number of nitrogens with one attached hydrogen (secondary N) is 1. The Kier molecular flexibility index (Phi) is 3.44. The third kappa shape index (κ3) is 2.38. The Bertz CT molecular complexity index is 523. The van der Waals surface area contributed by atoms with Gasteiger partial charge in [0, 0.05) is 10.9 Å². The molecule has 1 heterocycles. The number of rotatable bonds is 4. The Labute approximate surface area is 137 Å². The third-order valence-corrected chi connectivity index (χ3v) is 7.59. The fourth-order valence-corrected chi connectivity index (χ4v) is 7.72. The molecule has 0 aliphatic heterocycles. The highest BCUT2D eigenvalue weighted by atomic mass is 35.5. The molecule has 0 amide bonds. The van der Waals surface area contributed by atoms with Crippen molar-refractivity contribution in [1.82, 2.24) is 5.32 Å². The van der Waals surface area contributed by atoms with E-state index in [1.54, 1.807) is 11.3 Å². The van der Waals surface area contributed by atoms with E-state index in [1.165, 1.54) is 43.4 Å². The van der Waals surface area contributed by atoms with E-state index >= 15 is 0 Å². The monoisotopic (exact) mass is 323 g/mol. The molecule has 5 rings (SSSR count). The zero-order chi connectivity index (χ0) is 14.7. The summed E-state index contributed by atoms with van der Waals surface area (Å²) in [6.45, 7) is 5.85. The molecular weight excluding hydrogens is 298 g/mol. The van der Waals surface area contributed by atoms with Crippen molar-refractivity contribution in [3.8, 4) is 0 Å². The molecule has 3 heteroatoms. The van der Waals surface area contributed by atoms with Gasteiger partial charge in [0.15, 0.2) is 0 Å². The maximum absolute atomic E-state index is 6.23. The summed E-state index contributed by atoms with van der Waals surface area (Å²) in [6, 6.07) is 4.86. The number of halogens is 1. The fraction of sp³-hybridized carbons (Fsp3) is 0.778. The maximum atomic E-state index is 6.23. The van der Waals surface area contributed by atoms with Gasteiger partial charge in [-0.3, -0.25) is 0 Å². The van der Waals surface area contributed by atoms with Gasteiger partial charge in [0.05, 0.1) is 4.34 Å². The third-order valence-electron chi connectivity index (χ3n) is 6.30. The smallest absolute Gasteiger partial charge is 0.0931 e. The Morgan fingerprint density at radius 2 is 2.00 bits per heavy atom. The first-order valence-electron chi connectivity index (χ1n) is 8.51. The molecule has 3 unspecified atom stereocenters. The molecule has 0 spiro atoms. The average Bonchev–Trinajstić information content (AvgIpc) is 2.79. The van der Waals surface area contributed by atoms with Gasteiger partial charge in [-0.05, 0) is 79.9 Å². The van der Waals surface area contributed by atoms with E-state index in [-0.39, 0.29) is 0 Å². The standard InChI is InChI=1S/C18H26ClNS/c1-3-20-16(14-4-5-15(19)21-14)18-9-12-6-13(10-18)8-17(2,7-12)11-18/h4-5,12-13,16,20H,3,6-11H2,1-2H3. The van der Waals surface area contributed by atoms with Gasteiger partial charge in [-0.2, -0.15) is 0 Å². The van der Waals surface area contributed by atoms with E-state index in [2.05, 4.69) is 31.3 Å². The second kappa shape index (κ2) is 4.97. The van der Waals surface area contributed by atoms with E-state index < -0.39 is 0 Å². The van der Waals surface area contributed by atoms with Crippen molar-refractivity contribution in [2.45, 2.75) is 58.4 Å². The molecule has 0 aromatic carbocycles. The van der Waals surface area contributed by atoms with Crippen molar-refractivity contribution in [2.24, 2.45) is 22.7 Å². The topological polar surface area (TPSA) is 12.0 Å². The number of hydrogen-bond acceptors (Lipinski definition) is 2. The van der Waals surface area contributed by atoms with Crippen LogP contribution in [0.1, 0.15) is 63.3 Å². The highest BCUT2D eigenvalue weighted by Gasteiger charge is 2.58. The highest BCUT2D eigenvalue weighted by Crippen LogP contribution is 2.68. The van der Waals surface area contributed by atoms with Gasteiger partial charge < -0.3 is 5.32 Å². The second-order valence-corrected chi connectivity index (χ2v) is 10.0. The molecule has 4 aliphatic rings.